The van der Waals surface area contributed by atoms with Crippen LogP contribution in [0.1, 0.15) is 11.4 Å². The van der Waals surface area contributed by atoms with Gasteiger partial charge in [-0.25, -0.2) is 4.98 Å². The van der Waals surface area contributed by atoms with E-state index in [0.717, 1.165) is 27.3 Å². The summed E-state index contributed by atoms with van der Waals surface area (Å²) in [4.78, 5) is 5.64. The number of aryl methyl sites for hydroxylation is 1. The van der Waals surface area contributed by atoms with Crippen molar-refractivity contribution < 1.29 is 0 Å². The SMILES string of the molecule is Cc1csc2nc(CSc3nnnn3-c3ccccc3)cn12. The Labute approximate surface area is 134 Å². The van der Waals surface area contributed by atoms with E-state index in [0.29, 0.717) is 0 Å². The van der Waals surface area contributed by atoms with Gasteiger partial charge in [0.1, 0.15) is 0 Å². The topological polar surface area (TPSA) is 60.9 Å². The first kappa shape index (κ1) is 13.5. The van der Waals surface area contributed by atoms with Gasteiger partial charge in [-0.1, -0.05) is 30.0 Å². The fourth-order valence-electron chi connectivity index (χ4n) is 2.15. The number of para-hydroxylation sites is 1. The van der Waals surface area contributed by atoms with Gasteiger partial charge in [-0.3, -0.25) is 4.40 Å². The number of nitrogens with zero attached hydrogens (tertiary/aromatic N) is 6. The van der Waals surface area contributed by atoms with E-state index in [4.69, 9.17) is 0 Å². The number of benzene rings is 1. The van der Waals surface area contributed by atoms with Crippen molar-refractivity contribution in [3.8, 4) is 5.69 Å². The summed E-state index contributed by atoms with van der Waals surface area (Å²) >= 11 is 3.24. The van der Waals surface area contributed by atoms with Crippen LogP contribution in [0.2, 0.25) is 0 Å². The molecule has 0 saturated carbocycles. The molecule has 0 aliphatic heterocycles. The van der Waals surface area contributed by atoms with Crippen LogP contribution in [0.3, 0.4) is 0 Å². The van der Waals surface area contributed by atoms with Gasteiger partial charge in [-0.2, -0.15) is 4.68 Å². The third-order valence-electron chi connectivity index (χ3n) is 3.23. The van der Waals surface area contributed by atoms with Gasteiger partial charge in [-0.15, -0.1) is 16.4 Å². The maximum Gasteiger partial charge on any atom is 0.214 e. The maximum absolute atomic E-state index is 4.62. The molecular formula is C14H12N6S2. The second kappa shape index (κ2) is 5.54. The van der Waals surface area contributed by atoms with E-state index in [2.05, 4.69) is 43.4 Å². The van der Waals surface area contributed by atoms with Crippen molar-refractivity contribution in [3.63, 3.8) is 0 Å². The van der Waals surface area contributed by atoms with Gasteiger partial charge in [0, 0.05) is 23.0 Å². The number of hydrogen-bond donors (Lipinski definition) is 0. The molecule has 0 unspecified atom stereocenters. The molecule has 110 valence electrons. The third kappa shape index (κ3) is 2.40. The lowest BCUT2D eigenvalue weighted by Crippen LogP contribution is -1.98. The first-order valence-corrected chi connectivity index (χ1v) is 8.56. The predicted molar refractivity (Wildman–Crippen MR) is 86.5 cm³/mol. The minimum absolute atomic E-state index is 0.737. The Balaban J connectivity index is 1.56. The summed E-state index contributed by atoms with van der Waals surface area (Å²) in [6.07, 6.45) is 2.07. The summed E-state index contributed by atoms with van der Waals surface area (Å²) in [6, 6.07) is 9.88. The van der Waals surface area contributed by atoms with E-state index < -0.39 is 0 Å². The Morgan fingerprint density at radius 3 is 2.91 bits per heavy atom. The molecule has 22 heavy (non-hydrogen) atoms. The molecule has 0 N–H and O–H groups in total. The van der Waals surface area contributed by atoms with Crippen molar-refractivity contribution >= 4 is 28.1 Å². The Kier molecular flexibility index (Phi) is 3.39. The summed E-state index contributed by atoms with van der Waals surface area (Å²) in [5.74, 6) is 0.737. The number of fused-ring (bicyclic) bond motifs is 1. The monoisotopic (exact) mass is 328 g/mol. The highest BCUT2D eigenvalue weighted by atomic mass is 32.2. The number of thioether (sulfide) groups is 1. The molecule has 0 fully saturated rings. The average molecular weight is 328 g/mol. The predicted octanol–water partition coefficient (Wildman–Crippen LogP) is 2.97. The number of rotatable bonds is 4. The molecule has 1 aromatic carbocycles. The molecule has 3 heterocycles. The lowest BCUT2D eigenvalue weighted by molar-refractivity contribution is 0.756. The van der Waals surface area contributed by atoms with Crippen molar-refractivity contribution in [2.45, 2.75) is 17.8 Å². The number of aromatic nitrogens is 6. The number of hydrogen-bond acceptors (Lipinski definition) is 6. The normalized spacial score (nSPS) is 11.3. The fraction of sp³-hybridized carbons (Fsp3) is 0.143. The fourth-order valence-corrected chi connectivity index (χ4v) is 3.79. The van der Waals surface area contributed by atoms with E-state index >= 15 is 0 Å². The Morgan fingerprint density at radius 2 is 2.09 bits per heavy atom. The number of imidazole rings is 1. The zero-order valence-electron chi connectivity index (χ0n) is 11.7. The van der Waals surface area contributed by atoms with Crippen LogP contribution in [-0.2, 0) is 5.75 Å². The highest BCUT2D eigenvalue weighted by Crippen LogP contribution is 2.24. The molecular weight excluding hydrogens is 316 g/mol. The Bertz CT molecular complexity index is 908. The molecule has 6 nitrogen and oxygen atoms in total. The highest BCUT2D eigenvalue weighted by molar-refractivity contribution is 7.98. The Hall–Kier alpha value is -2.19. The molecule has 0 bridgehead atoms. The lowest BCUT2D eigenvalue weighted by atomic mass is 10.3. The van der Waals surface area contributed by atoms with Crippen LogP contribution in [0.4, 0.5) is 0 Å². The van der Waals surface area contributed by atoms with Crippen LogP contribution < -0.4 is 0 Å². The van der Waals surface area contributed by atoms with Gasteiger partial charge in [0.15, 0.2) is 4.96 Å². The lowest BCUT2D eigenvalue weighted by Gasteiger charge is -2.02. The van der Waals surface area contributed by atoms with Crippen LogP contribution in [0, 0.1) is 6.92 Å². The molecule has 0 aliphatic carbocycles. The van der Waals surface area contributed by atoms with Crippen LogP contribution in [0.5, 0.6) is 0 Å². The molecule has 0 saturated heterocycles. The summed E-state index contributed by atoms with van der Waals surface area (Å²) < 4.78 is 3.86. The Morgan fingerprint density at radius 1 is 1.23 bits per heavy atom. The van der Waals surface area contributed by atoms with Crippen LogP contribution in [0.15, 0.2) is 47.1 Å². The van der Waals surface area contributed by atoms with Crippen molar-refractivity contribution in [1.29, 1.82) is 0 Å². The van der Waals surface area contributed by atoms with E-state index in [1.807, 2.05) is 30.3 Å². The molecule has 8 heteroatoms. The van der Waals surface area contributed by atoms with Crippen LogP contribution in [0.25, 0.3) is 10.6 Å². The summed E-state index contributed by atoms with van der Waals surface area (Å²) in [5.41, 5.74) is 3.19. The molecule has 0 aliphatic rings. The van der Waals surface area contributed by atoms with Crippen molar-refractivity contribution in [1.82, 2.24) is 29.6 Å². The molecule has 0 spiro atoms. The standard InChI is InChI=1S/C14H12N6S2/c1-10-8-21-13-15-11(7-19(10)13)9-22-14-16-17-18-20(14)12-5-3-2-4-6-12/h2-8H,9H2,1H3. The minimum Gasteiger partial charge on any atom is -0.295 e. The van der Waals surface area contributed by atoms with Gasteiger partial charge in [-0.05, 0) is 29.5 Å². The van der Waals surface area contributed by atoms with Gasteiger partial charge in [0.05, 0.1) is 11.4 Å². The van der Waals surface area contributed by atoms with E-state index in [9.17, 15) is 0 Å². The van der Waals surface area contributed by atoms with Crippen molar-refractivity contribution in [2.24, 2.45) is 0 Å². The molecule has 3 aromatic heterocycles. The zero-order valence-corrected chi connectivity index (χ0v) is 13.4. The van der Waals surface area contributed by atoms with E-state index in [1.54, 1.807) is 27.8 Å². The van der Waals surface area contributed by atoms with Crippen LogP contribution in [-0.4, -0.2) is 29.6 Å². The highest BCUT2D eigenvalue weighted by Gasteiger charge is 2.11. The molecule has 0 amide bonds. The number of tetrazole rings is 1. The second-order valence-electron chi connectivity index (χ2n) is 4.76. The first-order chi connectivity index (χ1) is 10.8. The summed E-state index contributed by atoms with van der Waals surface area (Å²) in [5, 5.41) is 14.8. The van der Waals surface area contributed by atoms with Gasteiger partial charge >= 0.3 is 0 Å². The number of thiazole rings is 1. The largest absolute Gasteiger partial charge is 0.295 e. The van der Waals surface area contributed by atoms with Gasteiger partial charge in [0.25, 0.3) is 0 Å². The average Bonchev–Trinajstić information content (AvgIpc) is 3.24. The first-order valence-electron chi connectivity index (χ1n) is 6.70. The van der Waals surface area contributed by atoms with Crippen molar-refractivity contribution in [3.05, 3.63) is 53.3 Å². The maximum atomic E-state index is 4.62. The van der Waals surface area contributed by atoms with E-state index in [1.165, 1.54) is 5.69 Å². The third-order valence-corrected chi connectivity index (χ3v) is 5.14. The zero-order chi connectivity index (χ0) is 14.9. The molecule has 4 aromatic rings. The van der Waals surface area contributed by atoms with Gasteiger partial charge in [0.2, 0.25) is 5.16 Å². The molecule has 0 radical (unpaired) electrons. The van der Waals surface area contributed by atoms with Crippen LogP contribution >= 0.6 is 23.1 Å². The quantitative estimate of drug-likeness (QED) is 0.539. The minimum atomic E-state index is 0.737. The summed E-state index contributed by atoms with van der Waals surface area (Å²) in [6.45, 7) is 2.08. The second-order valence-corrected chi connectivity index (χ2v) is 6.54. The summed E-state index contributed by atoms with van der Waals surface area (Å²) in [7, 11) is 0. The molecule has 0 atom stereocenters. The van der Waals surface area contributed by atoms with Crippen molar-refractivity contribution in [2.75, 3.05) is 0 Å². The molecule has 4 rings (SSSR count). The smallest absolute Gasteiger partial charge is 0.214 e. The van der Waals surface area contributed by atoms with Gasteiger partial charge < -0.3 is 0 Å². The van der Waals surface area contributed by atoms with E-state index in [-0.39, 0.29) is 0 Å².